The van der Waals surface area contributed by atoms with Crippen molar-refractivity contribution in [1.29, 1.82) is 5.26 Å². The Kier molecular flexibility index (Phi) is 9.24. The summed E-state index contributed by atoms with van der Waals surface area (Å²) in [6, 6.07) is 14.2. The molecule has 0 aliphatic heterocycles. The van der Waals surface area contributed by atoms with E-state index in [4.69, 9.17) is 19.5 Å². The van der Waals surface area contributed by atoms with Crippen molar-refractivity contribution < 1.29 is 28.6 Å². The summed E-state index contributed by atoms with van der Waals surface area (Å²) < 4.78 is 15.5. The lowest BCUT2D eigenvalue weighted by Crippen LogP contribution is -2.46. The molecule has 9 heteroatoms. The zero-order valence-electron chi connectivity index (χ0n) is 19.0. The number of amides is 2. The van der Waals surface area contributed by atoms with Crippen molar-refractivity contribution in [1.82, 2.24) is 5.32 Å². The second-order valence-corrected chi connectivity index (χ2v) is 7.38. The SMILES string of the molecule is COc1cc(OC)cc(C(=O)N[C@H](C(=O)OCC(=O)N(CC#N)c2ccccc2)C(C)C)c1. The number of esters is 1. The quantitative estimate of drug-likeness (QED) is 0.434. The number of benzene rings is 2. The molecular formula is C24H27N3O6. The first kappa shape index (κ1) is 25.2. The third-order valence-electron chi connectivity index (χ3n) is 4.76. The molecule has 0 spiro atoms. The second kappa shape index (κ2) is 12.1. The minimum atomic E-state index is -0.997. The van der Waals surface area contributed by atoms with Gasteiger partial charge in [-0.3, -0.25) is 14.5 Å². The fourth-order valence-corrected chi connectivity index (χ4v) is 2.96. The van der Waals surface area contributed by atoms with Gasteiger partial charge >= 0.3 is 5.97 Å². The second-order valence-electron chi connectivity index (χ2n) is 7.38. The smallest absolute Gasteiger partial charge is 0.329 e. The van der Waals surface area contributed by atoms with Gasteiger partial charge in [0.2, 0.25) is 0 Å². The van der Waals surface area contributed by atoms with Gasteiger partial charge in [-0.05, 0) is 30.2 Å². The molecule has 9 nitrogen and oxygen atoms in total. The molecule has 2 rings (SSSR count). The van der Waals surface area contributed by atoms with E-state index < -0.39 is 30.4 Å². The highest BCUT2D eigenvalue weighted by atomic mass is 16.5. The Morgan fingerprint density at radius 2 is 1.64 bits per heavy atom. The average Bonchev–Trinajstić information content (AvgIpc) is 2.83. The van der Waals surface area contributed by atoms with Crippen LogP contribution in [0.15, 0.2) is 48.5 Å². The topological polar surface area (TPSA) is 118 Å². The van der Waals surface area contributed by atoms with Crippen LogP contribution < -0.4 is 19.7 Å². The van der Waals surface area contributed by atoms with E-state index >= 15 is 0 Å². The summed E-state index contributed by atoms with van der Waals surface area (Å²) in [6.07, 6.45) is 0. The average molecular weight is 453 g/mol. The Labute approximate surface area is 192 Å². The van der Waals surface area contributed by atoms with E-state index in [1.165, 1.54) is 31.3 Å². The number of nitrogens with zero attached hydrogens (tertiary/aromatic N) is 2. The maximum absolute atomic E-state index is 12.8. The Hall–Kier alpha value is -4.06. The molecule has 0 saturated carbocycles. The molecular weight excluding hydrogens is 426 g/mol. The molecule has 174 valence electrons. The van der Waals surface area contributed by atoms with Crippen LogP contribution in [0.1, 0.15) is 24.2 Å². The molecule has 0 saturated heterocycles. The summed E-state index contributed by atoms with van der Waals surface area (Å²) in [6.45, 7) is 2.72. The van der Waals surface area contributed by atoms with Crippen LogP contribution >= 0.6 is 0 Å². The lowest BCUT2D eigenvalue weighted by Gasteiger charge is -2.23. The van der Waals surface area contributed by atoms with Crippen molar-refractivity contribution in [2.45, 2.75) is 19.9 Å². The maximum Gasteiger partial charge on any atom is 0.329 e. The van der Waals surface area contributed by atoms with Gasteiger partial charge in [0, 0.05) is 17.3 Å². The monoisotopic (exact) mass is 453 g/mol. The van der Waals surface area contributed by atoms with Crippen LogP contribution in [-0.2, 0) is 14.3 Å². The Morgan fingerprint density at radius 1 is 1.03 bits per heavy atom. The minimum absolute atomic E-state index is 0.192. The summed E-state index contributed by atoms with van der Waals surface area (Å²) in [4.78, 5) is 39.3. The molecule has 0 heterocycles. The Balaban J connectivity index is 2.08. The summed E-state index contributed by atoms with van der Waals surface area (Å²) in [7, 11) is 2.93. The molecule has 2 aromatic rings. The van der Waals surface area contributed by atoms with Crippen molar-refractivity contribution in [2.75, 3.05) is 32.3 Å². The van der Waals surface area contributed by atoms with Crippen LogP contribution in [0.3, 0.4) is 0 Å². The lowest BCUT2D eigenvalue weighted by molar-refractivity contribution is -0.150. The van der Waals surface area contributed by atoms with Gasteiger partial charge in [0.05, 0.1) is 20.3 Å². The van der Waals surface area contributed by atoms with Gasteiger partial charge in [-0.1, -0.05) is 32.0 Å². The van der Waals surface area contributed by atoms with Crippen molar-refractivity contribution in [2.24, 2.45) is 5.92 Å². The van der Waals surface area contributed by atoms with Gasteiger partial charge in [0.25, 0.3) is 11.8 Å². The molecule has 0 bridgehead atoms. The molecule has 0 fully saturated rings. The largest absolute Gasteiger partial charge is 0.497 e. The zero-order valence-corrected chi connectivity index (χ0v) is 19.0. The van der Waals surface area contributed by atoms with Crippen LogP contribution in [0.5, 0.6) is 11.5 Å². The number of carbonyl (C=O) groups is 3. The third kappa shape index (κ3) is 6.97. The number of hydrogen-bond acceptors (Lipinski definition) is 7. The molecule has 33 heavy (non-hydrogen) atoms. The van der Waals surface area contributed by atoms with Crippen molar-refractivity contribution in [3.05, 3.63) is 54.1 Å². The molecule has 0 unspecified atom stereocenters. The number of rotatable bonds is 10. The van der Waals surface area contributed by atoms with E-state index in [9.17, 15) is 14.4 Å². The highest BCUT2D eigenvalue weighted by Gasteiger charge is 2.28. The van der Waals surface area contributed by atoms with E-state index in [0.29, 0.717) is 17.2 Å². The molecule has 0 aliphatic rings. The van der Waals surface area contributed by atoms with E-state index in [2.05, 4.69) is 5.32 Å². The number of hydrogen-bond donors (Lipinski definition) is 1. The van der Waals surface area contributed by atoms with Gasteiger partial charge < -0.3 is 19.5 Å². The van der Waals surface area contributed by atoms with Crippen LogP contribution in [0.4, 0.5) is 5.69 Å². The number of carbonyl (C=O) groups excluding carboxylic acids is 3. The number of para-hydroxylation sites is 1. The first-order valence-corrected chi connectivity index (χ1v) is 10.2. The molecule has 2 amide bonds. The first-order valence-electron chi connectivity index (χ1n) is 10.2. The summed E-state index contributed by atoms with van der Waals surface area (Å²) in [5, 5.41) is 11.7. The van der Waals surface area contributed by atoms with Crippen molar-refractivity contribution >= 4 is 23.5 Å². The zero-order chi connectivity index (χ0) is 24.4. The third-order valence-corrected chi connectivity index (χ3v) is 4.76. The van der Waals surface area contributed by atoms with E-state index in [0.717, 1.165) is 0 Å². The van der Waals surface area contributed by atoms with E-state index in [-0.39, 0.29) is 18.0 Å². The van der Waals surface area contributed by atoms with E-state index in [1.54, 1.807) is 50.2 Å². The van der Waals surface area contributed by atoms with Crippen molar-refractivity contribution in [3.8, 4) is 17.6 Å². The van der Waals surface area contributed by atoms with E-state index in [1.807, 2.05) is 6.07 Å². The molecule has 0 radical (unpaired) electrons. The minimum Gasteiger partial charge on any atom is -0.497 e. The summed E-state index contributed by atoms with van der Waals surface area (Å²) in [5.41, 5.74) is 0.755. The summed E-state index contributed by atoms with van der Waals surface area (Å²) >= 11 is 0. The molecule has 1 atom stereocenters. The number of methoxy groups -OCH3 is 2. The van der Waals surface area contributed by atoms with Crippen LogP contribution in [0.25, 0.3) is 0 Å². The predicted octanol–water partition coefficient (Wildman–Crippen LogP) is 2.56. The molecule has 0 aromatic heterocycles. The van der Waals surface area contributed by atoms with Gasteiger partial charge in [0.1, 0.15) is 24.1 Å². The Morgan fingerprint density at radius 3 is 2.15 bits per heavy atom. The molecule has 2 aromatic carbocycles. The highest BCUT2D eigenvalue weighted by molar-refractivity contribution is 5.98. The van der Waals surface area contributed by atoms with Gasteiger partial charge in [-0.2, -0.15) is 5.26 Å². The van der Waals surface area contributed by atoms with Gasteiger partial charge in [-0.15, -0.1) is 0 Å². The standard InChI is InChI=1S/C24H27N3O6/c1-16(2)22(26-23(29)17-12-19(31-3)14-20(13-17)32-4)24(30)33-15-21(28)27(11-10-25)18-8-6-5-7-9-18/h5-9,12-14,16,22H,11,15H2,1-4H3,(H,26,29)/t22-/m0/s1. The number of nitriles is 1. The van der Waals surface area contributed by atoms with Gasteiger partial charge in [-0.25, -0.2) is 4.79 Å². The number of anilines is 1. The molecule has 1 N–H and O–H groups in total. The highest BCUT2D eigenvalue weighted by Crippen LogP contribution is 2.23. The van der Waals surface area contributed by atoms with Crippen LogP contribution in [-0.4, -0.2) is 51.2 Å². The number of nitrogens with one attached hydrogen (secondary N) is 1. The normalized spacial score (nSPS) is 11.2. The summed E-state index contributed by atoms with van der Waals surface area (Å²) in [5.74, 6) is -1.30. The fraction of sp³-hybridized carbons (Fsp3) is 0.333. The number of ether oxygens (including phenoxy) is 3. The van der Waals surface area contributed by atoms with Crippen LogP contribution in [0, 0.1) is 17.2 Å². The Bertz CT molecular complexity index is 994. The fourth-order valence-electron chi connectivity index (χ4n) is 2.96. The lowest BCUT2D eigenvalue weighted by atomic mass is 10.0. The van der Waals surface area contributed by atoms with Crippen molar-refractivity contribution in [3.63, 3.8) is 0 Å². The maximum atomic E-state index is 12.8. The van der Waals surface area contributed by atoms with Gasteiger partial charge in [0.15, 0.2) is 6.61 Å². The molecule has 0 aliphatic carbocycles. The van der Waals surface area contributed by atoms with Crippen LogP contribution in [0.2, 0.25) is 0 Å². The first-order chi connectivity index (χ1) is 15.8. The predicted molar refractivity (Wildman–Crippen MR) is 121 cm³/mol.